The Balaban J connectivity index is 1.54. The van der Waals surface area contributed by atoms with Gasteiger partial charge < -0.3 is 10.3 Å². The summed E-state index contributed by atoms with van der Waals surface area (Å²) < 4.78 is 0. The van der Waals surface area contributed by atoms with Gasteiger partial charge in [-0.3, -0.25) is 4.79 Å². The zero-order valence-corrected chi connectivity index (χ0v) is 15.9. The Labute approximate surface area is 155 Å². The molecule has 3 nitrogen and oxygen atoms in total. The quantitative estimate of drug-likeness (QED) is 0.631. The predicted octanol–water partition coefficient (Wildman–Crippen LogP) is 4.83. The van der Waals surface area contributed by atoms with Crippen molar-refractivity contribution in [2.45, 2.75) is 39.5 Å². The van der Waals surface area contributed by atoms with Gasteiger partial charge in [-0.05, 0) is 48.4 Å². The standard InChI is InChI=1S/C23H28N2O/c1-16(2)14-18-8-10-19(11-9-18)17(3)23(26)24-13-12-20-15-25-22-7-5-4-6-21(20)22/h4-11,15-17,25H,12-14H2,1-3H3,(H,24,26)/t17-/m1/s1. The van der Waals surface area contributed by atoms with Crippen molar-refractivity contribution >= 4 is 16.8 Å². The van der Waals surface area contributed by atoms with Crippen molar-refractivity contribution in [3.05, 3.63) is 71.4 Å². The van der Waals surface area contributed by atoms with E-state index in [1.54, 1.807) is 0 Å². The van der Waals surface area contributed by atoms with Crippen LogP contribution in [0.5, 0.6) is 0 Å². The fourth-order valence-electron chi connectivity index (χ4n) is 3.38. The van der Waals surface area contributed by atoms with Crippen molar-refractivity contribution in [2.75, 3.05) is 6.54 Å². The van der Waals surface area contributed by atoms with Crippen molar-refractivity contribution in [1.29, 1.82) is 0 Å². The third kappa shape index (κ3) is 4.34. The van der Waals surface area contributed by atoms with Crippen LogP contribution in [0, 0.1) is 5.92 Å². The summed E-state index contributed by atoms with van der Waals surface area (Å²) in [4.78, 5) is 15.8. The number of H-pyrrole nitrogens is 1. The van der Waals surface area contributed by atoms with E-state index in [-0.39, 0.29) is 11.8 Å². The molecule has 1 amide bonds. The van der Waals surface area contributed by atoms with Gasteiger partial charge in [0.15, 0.2) is 0 Å². The van der Waals surface area contributed by atoms with E-state index in [1.165, 1.54) is 16.5 Å². The first kappa shape index (κ1) is 18.2. The highest BCUT2D eigenvalue weighted by Gasteiger charge is 2.15. The maximum atomic E-state index is 12.5. The van der Waals surface area contributed by atoms with Crippen LogP contribution in [0.3, 0.4) is 0 Å². The molecule has 3 heteroatoms. The minimum absolute atomic E-state index is 0.0847. The highest BCUT2D eigenvalue weighted by Crippen LogP contribution is 2.19. The first-order chi connectivity index (χ1) is 12.5. The van der Waals surface area contributed by atoms with Gasteiger partial charge in [0.25, 0.3) is 0 Å². The van der Waals surface area contributed by atoms with Crippen LogP contribution < -0.4 is 5.32 Å². The highest BCUT2D eigenvalue weighted by molar-refractivity contribution is 5.84. The van der Waals surface area contributed by atoms with E-state index in [0.717, 1.165) is 23.9 Å². The van der Waals surface area contributed by atoms with Crippen LogP contribution in [0.1, 0.15) is 43.4 Å². The molecule has 1 heterocycles. The second kappa shape index (κ2) is 8.22. The van der Waals surface area contributed by atoms with E-state index < -0.39 is 0 Å². The Morgan fingerprint density at radius 2 is 1.77 bits per heavy atom. The third-order valence-corrected chi connectivity index (χ3v) is 4.89. The number of aromatic nitrogens is 1. The number of amides is 1. The largest absolute Gasteiger partial charge is 0.361 e. The first-order valence-electron chi connectivity index (χ1n) is 9.46. The molecule has 0 saturated heterocycles. The van der Waals surface area contributed by atoms with E-state index in [2.05, 4.69) is 60.5 Å². The van der Waals surface area contributed by atoms with Crippen LogP contribution >= 0.6 is 0 Å². The number of hydrogen-bond donors (Lipinski definition) is 2. The molecular weight excluding hydrogens is 320 g/mol. The molecule has 3 aromatic rings. The summed E-state index contributed by atoms with van der Waals surface area (Å²) in [5.41, 5.74) is 4.79. The minimum atomic E-state index is -0.133. The van der Waals surface area contributed by atoms with E-state index in [4.69, 9.17) is 0 Å². The zero-order chi connectivity index (χ0) is 18.5. The second-order valence-corrected chi connectivity index (χ2v) is 7.46. The molecule has 1 atom stereocenters. The van der Waals surface area contributed by atoms with Crippen LogP contribution in [0.25, 0.3) is 10.9 Å². The van der Waals surface area contributed by atoms with Gasteiger partial charge in [0, 0.05) is 23.6 Å². The zero-order valence-electron chi connectivity index (χ0n) is 15.9. The van der Waals surface area contributed by atoms with Gasteiger partial charge in [-0.2, -0.15) is 0 Å². The molecule has 0 radical (unpaired) electrons. The molecule has 0 saturated carbocycles. The van der Waals surface area contributed by atoms with Gasteiger partial charge in [0.1, 0.15) is 0 Å². The molecule has 0 aliphatic carbocycles. The SMILES string of the molecule is CC(C)Cc1ccc([C@@H](C)C(=O)NCCc2c[nH]c3ccccc23)cc1. The number of carbonyl (C=O) groups is 1. The lowest BCUT2D eigenvalue weighted by atomic mass is 9.96. The number of fused-ring (bicyclic) bond motifs is 1. The number of aromatic amines is 1. The Hall–Kier alpha value is -2.55. The van der Waals surface area contributed by atoms with E-state index in [9.17, 15) is 4.79 Å². The molecule has 0 bridgehead atoms. The molecule has 2 aromatic carbocycles. The molecule has 2 N–H and O–H groups in total. The maximum Gasteiger partial charge on any atom is 0.227 e. The molecule has 1 aromatic heterocycles. The van der Waals surface area contributed by atoms with E-state index >= 15 is 0 Å². The first-order valence-corrected chi connectivity index (χ1v) is 9.46. The summed E-state index contributed by atoms with van der Waals surface area (Å²) in [6.45, 7) is 7.06. The number of rotatable bonds is 7. The smallest absolute Gasteiger partial charge is 0.227 e. The van der Waals surface area contributed by atoms with Gasteiger partial charge in [-0.1, -0.05) is 56.3 Å². The molecule has 136 valence electrons. The number of nitrogens with one attached hydrogen (secondary N) is 2. The molecule has 0 aliphatic rings. The second-order valence-electron chi connectivity index (χ2n) is 7.46. The molecule has 0 spiro atoms. The predicted molar refractivity (Wildman–Crippen MR) is 108 cm³/mol. The minimum Gasteiger partial charge on any atom is -0.361 e. The summed E-state index contributed by atoms with van der Waals surface area (Å²) >= 11 is 0. The van der Waals surface area contributed by atoms with Crippen LogP contribution in [0.2, 0.25) is 0 Å². The van der Waals surface area contributed by atoms with Crippen LogP contribution in [0.4, 0.5) is 0 Å². The van der Waals surface area contributed by atoms with Gasteiger partial charge in [-0.15, -0.1) is 0 Å². The number of para-hydroxylation sites is 1. The van der Waals surface area contributed by atoms with Crippen molar-refractivity contribution in [1.82, 2.24) is 10.3 Å². The Kier molecular flexibility index (Phi) is 5.77. The van der Waals surface area contributed by atoms with Crippen molar-refractivity contribution in [2.24, 2.45) is 5.92 Å². The maximum absolute atomic E-state index is 12.5. The van der Waals surface area contributed by atoms with Gasteiger partial charge in [0.05, 0.1) is 5.92 Å². The Morgan fingerprint density at radius 3 is 2.50 bits per heavy atom. The molecule has 0 fully saturated rings. The summed E-state index contributed by atoms with van der Waals surface area (Å²) in [5, 5.41) is 4.31. The normalized spacial score (nSPS) is 12.5. The van der Waals surface area contributed by atoms with Crippen molar-refractivity contribution in [3.8, 4) is 0 Å². The number of carbonyl (C=O) groups excluding carboxylic acids is 1. The monoisotopic (exact) mass is 348 g/mol. The average molecular weight is 348 g/mol. The van der Waals surface area contributed by atoms with E-state index in [0.29, 0.717) is 12.5 Å². The molecule has 0 unspecified atom stereocenters. The fourth-order valence-corrected chi connectivity index (χ4v) is 3.38. The van der Waals surface area contributed by atoms with Gasteiger partial charge in [-0.25, -0.2) is 0 Å². The average Bonchev–Trinajstić information content (AvgIpc) is 3.04. The molecule has 26 heavy (non-hydrogen) atoms. The summed E-state index contributed by atoms with van der Waals surface area (Å²) in [6, 6.07) is 16.7. The summed E-state index contributed by atoms with van der Waals surface area (Å²) in [5.74, 6) is 0.596. The van der Waals surface area contributed by atoms with Crippen LogP contribution in [0.15, 0.2) is 54.7 Å². The number of hydrogen-bond acceptors (Lipinski definition) is 1. The van der Waals surface area contributed by atoms with Gasteiger partial charge >= 0.3 is 0 Å². The van der Waals surface area contributed by atoms with E-state index in [1.807, 2.05) is 25.3 Å². The lowest BCUT2D eigenvalue weighted by Gasteiger charge is -2.13. The summed E-state index contributed by atoms with van der Waals surface area (Å²) in [6.07, 6.45) is 3.94. The Bertz CT molecular complexity index is 861. The van der Waals surface area contributed by atoms with Crippen molar-refractivity contribution in [3.63, 3.8) is 0 Å². The Morgan fingerprint density at radius 1 is 1.04 bits per heavy atom. The topological polar surface area (TPSA) is 44.9 Å². The molecular formula is C23H28N2O. The fraction of sp³-hybridized carbons (Fsp3) is 0.348. The molecule has 3 rings (SSSR count). The molecule has 0 aliphatic heterocycles. The van der Waals surface area contributed by atoms with Crippen molar-refractivity contribution < 1.29 is 4.79 Å². The lowest BCUT2D eigenvalue weighted by Crippen LogP contribution is -2.29. The van der Waals surface area contributed by atoms with Crippen LogP contribution in [-0.2, 0) is 17.6 Å². The highest BCUT2D eigenvalue weighted by atomic mass is 16.1. The van der Waals surface area contributed by atoms with Crippen LogP contribution in [-0.4, -0.2) is 17.4 Å². The third-order valence-electron chi connectivity index (χ3n) is 4.89. The summed E-state index contributed by atoms with van der Waals surface area (Å²) in [7, 11) is 0. The lowest BCUT2D eigenvalue weighted by molar-refractivity contribution is -0.122. The number of benzene rings is 2. The van der Waals surface area contributed by atoms with Gasteiger partial charge in [0.2, 0.25) is 5.91 Å².